The highest BCUT2D eigenvalue weighted by atomic mass is 19.4. The van der Waals surface area contributed by atoms with E-state index >= 15 is 0 Å². The number of hydrogen-bond acceptors (Lipinski definition) is 3. The van der Waals surface area contributed by atoms with Crippen LogP contribution in [0.15, 0.2) is 85.1 Å². The van der Waals surface area contributed by atoms with Crippen LogP contribution in [0, 0.1) is 5.92 Å². The Morgan fingerprint density at radius 3 is 2.11 bits per heavy atom. The number of carbonyl (C=O) groups excluding carboxylic acids is 1. The first-order chi connectivity index (χ1) is 17.4. The molecule has 36 heavy (non-hydrogen) atoms. The Hall–Kier alpha value is -3.45. The third kappa shape index (κ3) is 7.28. The van der Waals surface area contributed by atoms with Crippen LogP contribution in [0.1, 0.15) is 47.7 Å². The third-order valence-electron chi connectivity index (χ3n) is 6.50. The second-order valence-electron chi connectivity index (χ2n) is 9.15. The van der Waals surface area contributed by atoms with E-state index in [1.165, 1.54) is 12.3 Å². The van der Waals surface area contributed by atoms with Gasteiger partial charge in [0, 0.05) is 19.2 Å². The number of likely N-dealkylation sites (tertiary alicyclic amines) is 1. The predicted molar refractivity (Wildman–Crippen MR) is 135 cm³/mol. The number of aromatic nitrogens is 1. The van der Waals surface area contributed by atoms with Gasteiger partial charge in [-0.1, -0.05) is 78.9 Å². The molecule has 1 aliphatic rings. The Kier molecular flexibility index (Phi) is 8.54. The van der Waals surface area contributed by atoms with Crippen molar-refractivity contribution < 1.29 is 18.0 Å². The van der Waals surface area contributed by atoms with Crippen LogP contribution in [0.25, 0.3) is 6.08 Å². The van der Waals surface area contributed by atoms with Crippen molar-refractivity contribution in [2.24, 2.45) is 5.92 Å². The van der Waals surface area contributed by atoms with Gasteiger partial charge in [-0.3, -0.25) is 14.7 Å². The highest BCUT2D eigenvalue weighted by molar-refractivity contribution is 5.77. The van der Waals surface area contributed by atoms with Gasteiger partial charge in [0.2, 0.25) is 5.91 Å². The molecule has 0 atom stereocenters. The molecule has 4 rings (SSSR count). The van der Waals surface area contributed by atoms with Gasteiger partial charge in [0.15, 0.2) is 0 Å². The maximum absolute atomic E-state index is 13.0. The van der Waals surface area contributed by atoms with E-state index < -0.39 is 11.9 Å². The number of rotatable bonds is 8. The number of carbonyl (C=O) groups is 1. The minimum absolute atomic E-state index is 0.0563. The van der Waals surface area contributed by atoms with E-state index in [4.69, 9.17) is 0 Å². The zero-order valence-corrected chi connectivity index (χ0v) is 20.0. The fourth-order valence-corrected chi connectivity index (χ4v) is 4.51. The van der Waals surface area contributed by atoms with Gasteiger partial charge in [0.25, 0.3) is 0 Å². The number of halogens is 3. The Labute approximate surface area is 209 Å². The second-order valence-corrected chi connectivity index (χ2v) is 9.15. The standard InChI is InChI=1S/C29H30F3N3O/c30-29(31,32)26-14-13-23(21-33-26)8-7-17-35-18-15-22(16-19-35)20-27(36)34-28(24-9-3-1-4-10-24)25-11-5-2-6-12-25/h1-14,21-22,28H,15-20H2,(H,34,36)/b8-7+. The molecule has 188 valence electrons. The second kappa shape index (κ2) is 12.0. The van der Waals surface area contributed by atoms with E-state index in [2.05, 4.69) is 15.2 Å². The summed E-state index contributed by atoms with van der Waals surface area (Å²) in [7, 11) is 0. The topological polar surface area (TPSA) is 45.2 Å². The molecule has 0 aliphatic carbocycles. The van der Waals surface area contributed by atoms with Crippen molar-refractivity contribution >= 4 is 12.0 Å². The first-order valence-electron chi connectivity index (χ1n) is 12.2. The van der Waals surface area contributed by atoms with Crippen LogP contribution in [-0.2, 0) is 11.0 Å². The van der Waals surface area contributed by atoms with Gasteiger partial charge in [-0.05, 0) is 54.6 Å². The minimum Gasteiger partial charge on any atom is -0.345 e. The number of hydrogen-bond donors (Lipinski definition) is 1. The number of piperidine rings is 1. The quantitative estimate of drug-likeness (QED) is 0.411. The molecule has 3 aromatic rings. The van der Waals surface area contributed by atoms with E-state index in [0.717, 1.165) is 43.1 Å². The van der Waals surface area contributed by atoms with Crippen molar-refractivity contribution in [2.75, 3.05) is 19.6 Å². The van der Waals surface area contributed by atoms with Gasteiger partial charge in [-0.2, -0.15) is 13.2 Å². The maximum atomic E-state index is 13.0. The Morgan fingerprint density at radius 1 is 0.972 bits per heavy atom. The number of nitrogens with one attached hydrogen (secondary N) is 1. The van der Waals surface area contributed by atoms with Crippen LogP contribution in [0.3, 0.4) is 0 Å². The van der Waals surface area contributed by atoms with Crippen LogP contribution < -0.4 is 5.32 Å². The SMILES string of the molecule is O=C(CC1CCN(C/C=C/c2ccc(C(F)(F)F)nc2)CC1)NC(c1ccccc1)c1ccccc1. The smallest absolute Gasteiger partial charge is 0.345 e. The lowest BCUT2D eigenvalue weighted by molar-refractivity contribution is -0.141. The average molecular weight is 494 g/mol. The van der Waals surface area contributed by atoms with E-state index in [-0.39, 0.29) is 11.9 Å². The van der Waals surface area contributed by atoms with Gasteiger partial charge in [0.05, 0.1) is 6.04 Å². The zero-order valence-electron chi connectivity index (χ0n) is 20.0. The molecular formula is C29H30F3N3O. The molecule has 1 aromatic heterocycles. The summed E-state index contributed by atoms with van der Waals surface area (Å²) < 4.78 is 37.9. The average Bonchev–Trinajstić information content (AvgIpc) is 2.89. The summed E-state index contributed by atoms with van der Waals surface area (Å²) >= 11 is 0. The van der Waals surface area contributed by atoms with E-state index in [1.807, 2.05) is 66.7 Å². The van der Waals surface area contributed by atoms with Gasteiger partial charge in [-0.25, -0.2) is 0 Å². The summed E-state index contributed by atoms with van der Waals surface area (Å²) in [4.78, 5) is 18.7. The summed E-state index contributed by atoms with van der Waals surface area (Å²) in [6, 6.07) is 22.2. The van der Waals surface area contributed by atoms with Gasteiger partial charge in [-0.15, -0.1) is 0 Å². The third-order valence-corrected chi connectivity index (χ3v) is 6.50. The largest absolute Gasteiger partial charge is 0.433 e. The summed E-state index contributed by atoms with van der Waals surface area (Å²) in [5, 5.41) is 3.23. The summed E-state index contributed by atoms with van der Waals surface area (Å²) in [5.41, 5.74) is 1.87. The minimum atomic E-state index is -4.42. The van der Waals surface area contributed by atoms with Gasteiger partial charge in [0.1, 0.15) is 5.69 Å². The lowest BCUT2D eigenvalue weighted by Gasteiger charge is -2.31. The number of alkyl halides is 3. The summed E-state index contributed by atoms with van der Waals surface area (Å²) in [6.45, 7) is 2.48. The predicted octanol–water partition coefficient (Wildman–Crippen LogP) is 6.12. The highest BCUT2D eigenvalue weighted by Crippen LogP contribution is 2.27. The molecule has 0 unspecified atom stereocenters. The molecule has 0 radical (unpaired) electrons. The summed E-state index contributed by atoms with van der Waals surface area (Å²) in [5.74, 6) is 0.386. The first kappa shape index (κ1) is 25.6. The number of nitrogens with zero attached hydrogens (tertiary/aromatic N) is 2. The van der Waals surface area contributed by atoms with Crippen LogP contribution in [0.2, 0.25) is 0 Å². The molecule has 1 amide bonds. The van der Waals surface area contributed by atoms with Crippen LogP contribution in [-0.4, -0.2) is 35.4 Å². The van der Waals surface area contributed by atoms with E-state index in [9.17, 15) is 18.0 Å². The number of benzene rings is 2. The molecule has 0 spiro atoms. The molecule has 7 heteroatoms. The number of pyridine rings is 1. The maximum Gasteiger partial charge on any atom is 0.433 e. The molecule has 0 saturated carbocycles. The molecule has 2 heterocycles. The molecule has 0 bridgehead atoms. The Morgan fingerprint density at radius 2 is 1.58 bits per heavy atom. The van der Waals surface area contributed by atoms with Crippen molar-refractivity contribution in [3.05, 3.63) is 107 Å². The molecule has 1 N–H and O–H groups in total. The molecular weight excluding hydrogens is 463 g/mol. The molecule has 1 aliphatic heterocycles. The Bertz CT molecular complexity index is 1080. The number of amides is 1. The fraction of sp³-hybridized carbons (Fsp3) is 0.310. The van der Waals surface area contributed by atoms with E-state index in [1.54, 1.807) is 6.08 Å². The van der Waals surface area contributed by atoms with Crippen molar-refractivity contribution in [3.8, 4) is 0 Å². The highest BCUT2D eigenvalue weighted by Gasteiger charge is 2.32. The lowest BCUT2D eigenvalue weighted by atomic mass is 9.92. The van der Waals surface area contributed by atoms with Gasteiger partial charge >= 0.3 is 6.18 Å². The lowest BCUT2D eigenvalue weighted by Crippen LogP contribution is -2.36. The van der Waals surface area contributed by atoms with Crippen LogP contribution in [0.5, 0.6) is 0 Å². The molecule has 2 aromatic carbocycles. The summed E-state index contributed by atoms with van der Waals surface area (Å²) in [6.07, 6.45) is 2.92. The van der Waals surface area contributed by atoms with Crippen molar-refractivity contribution in [1.29, 1.82) is 0 Å². The molecule has 4 nitrogen and oxygen atoms in total. The van der Waals surface area contributed by atoms with Crippen LogP contribution >= 0.6 is 0 Å². The van der Waals surface area contributed by atoms with E-state index in [0.29, 0.717) is 24.4 Å². The fourth-order valence-electron chi connectivity index (χ4n) is 4.51. The van der Waals surface area contributed by atoms with Crippen molar-refractivity contribution in [3.63, 3.8) is 0 Å². The van der Waals surface area contributed by atoms with Crippen molar-refractivity contribution in [2.45, 2.75) is 31.5 Å². The van der Waals surface area contributed by atoms with Crippen molar-refractivity contribution in [1.82, 2.24) is 15.2 Å². The normalized spacial score (nSPS) is 15.4. The molecule has 1 saturated heterocycles. The molecule has 1 fully saturated rings. The first-order valence-corrected chi connectivity index (χ1v) is 12.2. The van der Waals surface area contributed by atoms with Gasteiger partial charge < -0.3 is 5.32 Å². The zero-order chi connectivity index (χ0) is 25.4. The Balaban J connectivity index is 1.24. The monoisotopic (exact) mass is 493 g/mol. The van der Waals surface area contributed by atoms with Crippen LogP contribution in [0.4, 0.5) is 13.2 Å².